The predicted molar refractivity (Wildman–Crippen MR) is 83.8 cm³/mol. The molecule has 5 nitrogen and oxygen atoms in total. The van der Waals surface area contributed by atoms with Crippen molar-refractivity contribution >= 4 is 39.2 Å². The minimum atomic E-state index is -0.0448. The maximum absolute atomic E-state index is 12.4. The average molecular weight is 311 g/mol. The molecule has 20 heavy (non-hydrogen) atoms. The van der Waals surface area contributed by atoms with Gasteiger partial charge in [0, 0.05) is 26.0 Å². The summed E-state index contributed by atoms with van der Waals surface area (Å²) in [5, 5.41) is 1.28. The molecule has 0 aliphatic carbocycles. The lowest BCUT2D eigenvalue weighted by atomic mass is 10.2. The molecule has 0 aromatic carbocycles. The SMILES string of the molecule is Cc1sc2nc(SCC(=O)N(C)C)n(C)c(=O)c2c1C. The number of carbonyl (C=O) groups is 1. The molecule has 0 saturated heterocycles. The van der Waals surface area contributed by atoms with Crippen LogP contribution in [0.5, 0.6) is 0 Å². The van der Waals surface area contributed by atoms with Crippen LogP contribution in [0, 0.1) is 13.8 Å². The molecule has 0 spiro atoms. The molecule has 0 N–H and O–H groups in total. The van der Waals surface area contributed by atoms with E-state index < -0.39 is 0 Å². The number of hydrogen-bond donors (Lipinski definition) is 0. The highest BCUT2D eigenvalue weighted by Gasteiger charge is 2.15. The lowest BCUT2D eigenvalue weighted by Gasteiger charge is -2.10. The number of rotatable bonds is 3. The van der Waals surface area contributed by atoms with Gasteiger partial charge in [-0.25, -0.2) is 4.98 Å². The topological polar surface area (TPSA) is 55.2 Å². The third-order valence-corrected chi connectivity index (χ3v) is 5.31. The molecule has 0 radical (unpaired) electrons. The largest absolute Gasteiger partial charge is 0.348 e. The van der Waals surface area contributed by atoms with E-state index in [1.165, 1.54) is 32.6 Å². The predicted octanol–water partition coefficient (Wildman–Crippen LogP) is 1.79. The average Bonchev–Trinajstić information content (AvgIpc) is 2.67. The van der Waals surface area contributed by atoms with Crippen LogP contribution in [0.1, 0.15) is 10.4 Å². The summed E-state index contributed by atoms with van der Waals surface area (Å²) in [6.45, 7) is 3.93. The van der Waals surface area contributed by atoms with Crippen LogP contribution in [0.25, 0.3) is 10.2 Å². The van der Waals surface area contributed by atoms with Crippen molar-refractivity contribution in [2.75, 3.05) is 19.8 Å². The summed E-state index contributed by atoms with van der Waals surface area (Å²) in [7, 11) is 5.12. The van der Waals surface area contributed by atoms with E-state index in [0.717, 1.165) is 15.3 Å². The Morgan fingerprint density at radius 1 is 1.40 bits per heavy atom. The second kappa shape index (κ2) is 5.57. The first kappa shape index (κ1) is 15.1. The zero-order valence-electron chi connectivity index (χ0n) is 12.2. The van der Waals surface area contributed by atoms with Crippen molar-refractivity contribution in [1.82, 2.24) is 14.5 Å². The van der Waals surface area contributed by atoms with Crippen LogP contribution in [0.3, 0.4) is 0 Å². The number of hydrogen-bond acceptors (Lipinski definition) is 5. The summed E-state index contributed by atoms with van der Waals surface area (Å²) in [4.78, 5) is 31.9. The van der Waals surface area contributed by atoms with Crippen molar-refractivity contribution in [2.24, 2.45) is 7.05 Å². The Labute approximate surface area is 125 Å². The fraction of sp³-hybridized carbons (Fsp3) is 0.462. The van der Waals surface area contributed by atoms with E-state index in [9.17, 15) is 9.59 Å². The molecule has 2 aromatic rings. The van der Waals surface area contributed by atoms with Gasteiger partial charge in [-0.15, -0.1) is 11.3 Å². The summed E-state index contributed by atoms with van der Waals surface area (Å²) >= 11 is 2.82. The summed E-state index contributed by atoms with van der Waals surface area (Å²) in [5.41, 5.74) is 0.954. The first-order valence-corrected chi connectivity index (χ1v) is 7.92. The quantitative estimate of drug-likeness (QED) is 0.640. The zero-order chi connectivity index (χ0) is 15.0. The van der Waals surface area contributed by atoms with E-state index in [1.807, 2.05) is 13.8 Å². The normalized spacial score (nSPS) is 11.1. The van der Waals surface area contributed by atoms with Gasteiger partial charge in [0.2, 0.25) is 5.91 Å². The second-order valence-electron chi connectivity index (χ2n) is 4.80. The molecule has 0 aliphatic rings. The van der Waals surface area contributed by atoms with Gasteiger partial charge in [-0.3, -0.25) is 14.2 Å². The molecule has 0 bridgehead atoms. The van der Waals surface area contributed by atoms with Crippen molar-refractivity contribution in [1.29, 1.82) is 0 Å². The number of aromatic nitrogens is 2. The number of carbonyl (C=O) groups excluding carboxylic acids is 1. The fourth-order valence-corrected chi connectivity index (χ4v) is 3.76. The number of nitrogens with zero attached hydrogens (tertiary/aromatic N) is 3. The van der Waals surface area contributed by atoms with Gasteiger partial charge in [0.25, 0.3) is 5.56 Å². The lowest BCUT2D eigenvalue weighted by Crippen LogP contribution is -2.25. The minimum absolute atomic E-state index is 0.00267. The Morgan fingerprint density at radius 3 is 2.65 bits per heavy atom. The number of amides is 1. The van der Waals surface area contributed by atoms with Gasteiger partial charge >= 0.3 is 0 Å². The Morgan fingerprint density at radius 2 is 2.05 bits per heavy atom. The van der Waals surface area contributed by atoms with E-state index in [1.54, 1.807) is 21.1 Å². The maximum Gasteiger partial charge on any atom is 0.262 e. The number of thioether (sulfide) groups is 1. The molecule has 2 heterocycles. The number of aryl methyl sites for hydroxylation is 2. The Kier molecular flexibility index (Phi) is 4.19. The number of thiophene rings is 1. The van der Waals surface area contributed by atoms with Gasteiger partial charge in [-0.05, 0) is 19.4 Å². The summed E-state index contributed by atoms with van der Waals surface area (Å²) < 4.78 is 1.52. The molecule has 2 aromatic heterocycles. The van der Waals surface area contributed by atoms with Crippen LogP contribution in [-0.4, -0.2) is 40.2 Å². The maximum atomic E-state index is 12.4. The van der Waals surface area contributed by atoms with Crippen LogP contribution in [-0.2, 0) is 11.8 Å². The van der Waals surface area contributed by atoms with Crippen LogP contribution < -0.4 is 5.56 Å². The van der Waals surface area contributed by atoms with Crippen molar-refractivity contribution in [3.05, 3.63) is 20.8 Å². The van der Waals surface area contributed by atoms with E-state index in [-0.39, 0.29) is 17.2 Å². The smallest absolute Gasteiger partial charge is 0.262 e. The highest BCUT2D eigenvalue weighted by molar-refractivity contribution is 7.99. The monoisotopic (exact) mass is 311 g/mol. The zero-order valence-corrected chi connectivity index (χ0v) is 13.8. The van der Waals surface area contributed by atoms with Gasteiger partial charge in [-0.1, -0.05) is 11.8 Å². The van der Waals surface area contributed by atoms with E-state index >= 15 is 0 Å². The highest BCUT2D eigenvalue weighted by Crippen LogP contribution is 2.27. The number of fused-ring (bicyclic) bond motifs is 1. The summed E-state index contributed by atoms with van der Waals surface area (Å²) in [5.74, 6) is 0.283. The second-order valence-corrected chi connectivity index (χ2v) is 6.94. The van der Waals surface area contributed by atoms with Crippen LogP contribution in [0.4, 0.5) is 0 Å². The minimum Gasteiger partial charge on any atom is -0.348 e. The molecule has 0 saturated carbocycles. The van der Waals surface area contributed by atoms with Gasteiger partial charge in [0.05, 0.1) is 11.1 Å². The molecule has 0 aliphatic heterocycles. The first-order chi connectivity index (χ1) is 9.32. The van der Waals surface area contributed by atoms with Crippen LogP contribution in [0.2, 0.25) is 0 Å². The van der Waals surface area contributed by atoms with Crippen molar-refractivity contribution < 1.29 is 4.79 Å². The van der Waals surface area contributed by atoms with Crippen LogP contribution in [0.15, 0.2) is 9.95 Å². The molecule has 7 heteroatoms. The van der Waals surface area contributed by atoms with Crippen molar-refractivity contribution in [2.45, 2.75) is 19.0 Å². The molecular weight excluding hydrogens is 294 g/mol. The summed E-state index contributed by atoms with van der Waals surface area (Å²) in [6.07, 6.45) is 0. The van der Waals surface area contributed by atoms with Crippen molar-refractivity contribution in [3.63, 3.8) is 0 Å². The Hall–Kier alpha value is -1.34. The van der Waals surface area contributed by atoms with E-state index in [0.29, 0.717) is 10.5 Å². The molecule has 0 unspecified atom stereocenters. The lowest BCUT2D eigenvalue weighted by molar-refractivity contribution is -0.125. The fourth-order valence-electron chi connectivity index (χ4n) is 1.74. The van der Waals surface area contributed by atoms with Crippen LogP contribution >= 0.6 is 23.1 Å². The van der Waals surface area contributed by atoms with Gasteiger partial charge in [0.1, 0.15) is 4.83 Å². The molecule has 1 amide bonds. The van der Waals surface area contributed by atoms with Gasteiger partial charge < -0.3 is 4.90 Å². The highest BCUT2D eigenvalue weighted by atomic mass is 32.2. The molecule has 0 fully saturated rings. The first-order valence-electron chi connectivity index (χ1n) is 6.12. The van der Waals surface area contributed by atoms with E-state index in [2.05, 4.69) is 4.98 Å². The van der Waals surface area contributed by atoms with Gasteiger partial charge in [-0.2, -0.15) is 0 Å². The third kappa shape index (κ3) is 2.60. The molecule has 2 rings (SSSR count). The summed E-state index contributed by atoms with van der Waals surface area (Å²) in [6, 6.07) is 0. The molecule has 0 atom stereocenters. The molecular formula is C13H17N3O2S2. The van der Waals surface area contributed by atoms with Gasteiger partial charge in [0.15, 0.2) is 5.16 Å². The van der Waals surface area contributed by atoms with Crippen molar-refractivity contribution in [3.8, 4) is 0 Å². The standard InChI is InChI=1S/C13H17N3O2S2/c1-7-8(2)20-11-10(7)12(18)16(5)13(14-11)19-6-9(17)15(3)4/h6H2,1-5H3. The molecule has 108 valence electrons. The third-order valence-electron chi connectivity index (χ3n) is 3.19. The Balaban J connectivity index is 2.43. The Bertz CT molecular complexity index is 731. The van der Waals surface area contributed by atoms with E-state index in [4.69, 9.17) is 0 Å².